The normalized spacial score (nSPS) is 25.0. The van der Waals surface area contributed by atoms with Crippen molar-refractivity contribution in [3.8, 4) is 5.75 Å². The van der Waals surface area contributed by atoms with E-state index in [9.17, 15) is 9.90 Å². The van der Waals surface area contributed by atoms with Crippen molar-refractivity contribution in [2.75, 3.05) is 50.7 Å². The number of phenolic OH excluding ortho intramolecular Hbond substituents is 1. The average molecular weight is 383 g/mol. The van der Waals surface area contributed by atoms with Crippen molar-refractivity contribution in [1.82, 2.24) is 9.80 Å². The zero-order chi connectivity index (χ0) is 18.0. The first-order chi connectivity index (χ1) is 11.9. The lowest BCUT2D eigenvalue weighted by Crippen LogP contribution is -2.54. The molecule has 2 fully saturated rings. The molecule has 3 rings (SSSR count). The summed E-state index contributed by atoms with van der Waals surface area (Å²) in [5.74, 6) is 0.506. The lowest BCUT2D eigenvalue weighted by atomic mass is 9.90. The van der Waals surface area contributed by atoms with E-state index in [1.807, 2.05) is 30.0 Å². The molecule has 26 heavy (non-hydrogen) atoms. The molecule has 2 aliphatic heterocycles. The highest BCUT2D eigenvalue weighted by molar-refractivity contribution is 5.85. The number of benzene rings is 1. The van der Waals surface area contributed by atoms with E-state index in [4.69, 9.17) is 5.73 Å². The number of carbonyl (C=O) groups excluding carboxylic acids is 1. The predicted molar refractivity (Wildman–Crippen MR) is 107 cm³/mol. The first kappa shape index (κ1) is 20.8. The summed E-state index contributed by atoms with van der Waals surface area (Å²) >= 11 is 0. The topological polar surface area (TPSA) is 73.0 Å². The van der Waals surface area contributed by atoms with Crippen molar-refractivity contribution < 1.29 is 9.90 Å². The third-order valence-electron chi connectivity index (χ3n) is 5.80. The van der Waals surface area contributed by atoms with Gasteiger partial charge in [0.2, 0.25) is 5.91 Å². The second-order valence-corrected chi connectivity index (χ2v) is 7.71. The van der Waals surface area contributed by atoms with Crippen LogP contribution in [0.3, 0.4) is 0 Å². The lowest BCUT2D eigenvalue weighted by Gasteiger charge is -2.38. The van der Waals surface area contributed by atoms with Gasteiger partial charge in [0.25, 0.3) is 0 Å². The molecule has 2 heterocycles. The Bertz CT molecular complexity index is 621. The first-order valence-electron chi connectivity index (χ1n) is 9.19. The molecule has 2 saturated heterocycles. The van der Waals surface area contributed by atoms with Crippen LogP contribution in [0.1, 0.15) is 20.3 Å². The summed E-state index contributed by atoms with van der Waals surface area (Å²) in [4.78, 5) is 19.2. The van der Waals surface area contributed by atoms with E-state index >= 15 is 0 Å². The van der Waals surface area contributed by atoms with Crippen LogP contribution in [0.4, 0.5) is 5.69 Å². The fraction of sp³-hybridized carbons (Fsp3) is 0.632. The number of anilines is 1. The van der Waals surface area contributed by atoms with Gasteiger partial charge < -0.3 is 20.6 Å². The average Bonchev–Trinajstić information content (AvgIpc) is 3.04. The van der Waals surface area contributed by atoms with Gasteiger partial charge in [-0.1, -0.05) is 19.1 Å². The van der Waals surface area contributed by atoms with Crippen LogP contribution in [0.25, 0.3) is 0 Å². The van der Waals surface area contributed by atoms with Gasteiger partial charge >= 0.3 is 0 Å². The number of aromatic hydroxyl groups is 1. The highest BCUT2D eigenvalue weighted by Gasteiger charge is 2.38. The molecule has 6 nitrogen and oxygen atoms in total. The fourth-order valence-corrected chi connectivity index (χ4v) is 3.88. The second kappa shape index (κ2) is 8.46. The van der Waals surface area contributed by atoms with Crippen molar-refractivity contribution in [1.29, 1.82) is 0 Å². The molecular formula is C19H31ClN4O2. The summed E-state index contributed by atoms with van der Waals surface area (Å²) in [6, 6.07) is 7.29. The zero-order valence-corrected chi connectivity index (χ0v) is 16.5. The number of phenols is 1. The quantitative estimate of drug-likeness (QED) is 0.826. The maximum atomic E-state index is 12.9. The third-order valence-corrected chi connectivity index (χ3v) is 5.80. The Labute approximate surface area is 162 Å². The van der Waals surface area contributed by atoms with Crippen LogP contribution in [0, 0.1) is 5.41 Å². The molecule has 146 valence electrons. The number of carbonyl (C=O) groups is 1. The Balaban J connectivity index is 0.00000243. The molecule has 1 aromatic carbocycles. The van der Waals surface area contributed by atoms with Crippen molar-refractivity contribution in [3.63, 3.8) is 0 Å². The minimum atomic E-state index is -0.0925. The number of rotatable bonds is 4. The molecule has 0 saturated carbocycles. The van der Waals surface area contributed by atoms with E-state index in [0.29, 0.717) is 25.4 Å². The fourth-order valence-electron chi connectivity index (χ4n) is 3.88. The first-order valence-corrected chi connectivity index (χ1v) is 9.19. The van der Waals surface area contributed by atoms with Crippen LogP contribution >= 0.6 is 12.4 Å². The standard InChI is InChI=1S/C19H30N4O2.ClH/c1-15(23-8-7-19(2,13-20)14-23)18(25)22-11-9-21(10-12-22)16-5-3-4-6-17(16)24;/h3-6,15,24H,7-14,20H2,1-2H3;1H. The summed E-state index contributed by atoms with van der Waals surface area (Å²) in [5, 5.41) is 10.0. The van der Waals surface area contributed by atoms with Crippen LogP contribution in [0.5, 0.6) is 5.75 Å². The van der Waals surface area contributed by atoms with Crippen molar-refractivity contribution in [3.05, 3.63) is 24.3 Å². The molecule has 0 aliphatic carbocycles. The minimum Gasteiger partial charge on any atom is -0.506 e. The SMILES string of the molecule is CC(C(=O)N1CCN(c2ccccc2O)CC1)N1CCC(C)(CN)C1.Cl. The van der Waals surface area contributed by atoms with Gasteiger partial charge in [0.05, 0.1) is 11.7 Å². The van der Waals surface area contributed by atoms with E-state index in [1.54, 1.807) is 6.07 Å². The number of halogens is 1. The lowest BCUT2D eigenvalue weighted by molar-refractivity contribution is -0.136. The van der Waals surface area contributed by atoms with Crippen LogP contribution in [0.2, 0.25) is 0 Å². The van der Waals surface area contributed by atoms with Crippen molar-refractivity contribution in [2.24, 2.45) is 11.1 Å². The van der Waals surface area contributed by atoms with E-state index in [2.05, 4.69) is 16.7 Å². The number of hydrogen-bond acceptors (Lipinski definition) is 5. The number of hydrogen-bond donors (Lipinski definition) is 2. The van der Waals surface area contributed by atoms with Crippen LogP contribution in [0.15, 0.2) is 24.3 Å². The van der Waals surface area contributed by atoms with Gasteiger partial charge in [0, 0.05) is 32.7 Å². The predicted octanol–water partition coefficient (Wildman–Crippen LogP) is 1.52. The molecule has 0 bridgehead atoms. The zero-order valence-electron chi connectivity index (χ0n) is 15.7. The molecule has 7 heteroatoms. The smallest absolute Gasteiger partial charge is 0.239 e. The second-order valence-electron chi connectivity index (χ2n) is 7.71. The largest absolute Gasteiger partial charge is 0.506 e. The summed E-state index contributed by atoms with van der Waals surface area (Å²) in [7, 11) is 0. The Hall–Kier alpha value is -1.50. The Morgan fingerprint density at radius 1 is 1.23 bits per heavy atom. The number of piperazine rings is 1. The maximum Gasteiger partial charge on any atom is 0.239 e. The van der Waals surface area contributed by atoms with Gasteiger partial charge in [0.1, 0.15) is 5.75 Å². The van der Waals surface area contributed by atoms with E-state index in [-0.39, 0.29) is 29.8 Å². The van der Waals surface area contributed by atoms with Gasteiger partial charge in [-0.05, 0) is 44.0 Å². The van der Waals surface area contributed by atoms with Crippen LogP contribution in [-0.2, 0) is 4.79 Å². The monoisotopic (exact) mass is 382 g/mol. The molecule has 3 N–H and O–H groups in total. The third kappa shape index (κ3) is 4.24. The Kier molecular flexibility index (Phi) is 6.77. The molecule has 0 radical (unpaired) electrons. The molecule has 2 atom stereocenters. The van der Waals surface area contributed by atoms with Crippen molar-refractivity contribution in [2.45, 2.75) is 26.3 Å². The number of nitrogens with zero attached hydrogens (tertiary/aromatic N) is 3. The molecular weight excluding hydrogens is 352 g/mol. The molecule has 1 amide bonds. The number of amides is 1. The van der Waals surface area contributed by atoms with E-state index in [1.165, 1.54) is 0 Å². The van der Waals surface area contributed by atoms with Crippen molar-refractivity contribution >= 4 is 24.0 Å². The number of nitrogens with two attached hydrogens (primary N) is 1. The van der Waals surface area contributed by atoms with Gasteiger partial charge in [-0.15, -0.1) is 12.4 Å². The van der Waals surface area contributed by atoms with E-state index in [0.717, 1.165) is 38.3 Å². The minimum absolute atomic E-state index is 0. The molecule has 1 aromatic rings. The molecule has 2 aliphatic rings. The van der Waals surface area contributed by atoms with Crippen LogP contribution in [-0.4, -0.2) is 72.7 Å². The van der Waals surface area contributed by atoms with Gasteiger partial charge in [0.15, 0.2) is 0 Å². The molecule has 2 unspecified atom stereocenters. The van der Waals surface area contributed by atoms with Crippen LogP contribution < -0.4 is 10.6 Å². The Morgan fingerprint density at radius 3 is 2.46 bits per heavy atom. The number of likely N-dealkylation sites (tertiary alicyclic amines) is 1. The van der Waals surface area contributed by atoms with Gasteiger partial charge in [-0.25, -0.2) is 0 Å². The van der Waals surface area contributed by atoms with E-state index < -0.39 is 0 Å². The van der Waals surface area contributed by atoms with Gasteiger partial charge in [-0.2, -0.15) is 0 Å². The number of para-hydroxylation sites is 2. The summed E-state index contributed by atoms with van der Waals surface area (Å²) in [5.41, 5.74) is 6.87. The highest BCUT2D eigenvalue weighted by atomic mass is 35.5. The Morgan fingerprint density at radius 2 is 1.88 bits per heavy atom. The molecule has 0 spiro atoms. The maximum absolute atomic E-state index is 12.9. The summed E-state index contributed by atoms with van der Waals surface area (Å²) in [6.45, 7) is 9.61. The summed E-state index contributed by atoms with van der Waals surface area (Å²) in [6.07, 6.45) is 1.06. The van der Waals surface area contributed by atoms with Gasteiger partial charge in [-0.3, -0.25) is 9.69 Å². The molecule has 0 aromatic heterocycles. The summed E-state index contributed by atoms with van der Waals surface area (Å²) < 4.78 is 0. The highest BCUT2D eigenvalue weighted by Crippen LogP contribution is 2.31.